The van der Waals surface area contributed by atoms with Crippen LogP contribution in [0.25, 0.3) is 34.4 Å². The van der Waals surface area contributed by atoms with Crippen LogP contribution in [-0.4, -0.2) is 5.92 Å². The van der Waals surface area contributed by atoms with E-state index < -0.39 is 21.5 Å². The average Bonchev–Trinajstić information content (AvgIpc) is 3.60. The number of halogens is 2. The van der Waals surface area contributed by atoms with Crippen LogP contribution in [0.5, 0.6) is 0 Å². The molecule has 4 aromatic rings. The Morgan fingerprint density at radius 1 is 0.667 bits per heavy atom. The molecular formula is C44H53Cl2SiZr. The molecule has 0 bridgehead atoms. The first-order chi connectivity index (χ1) is 22.4. The Bertz CT molecular complexity index is 2000. The Hall–Kier alpha value is -1.96. The van der Waals surface area contributed by atoms with Gasteiger partial charge in [-0.3, -0.25) is 0 Å². The molecule has 2 unspecified atom stereocenters. The van der Waals surface area contributed by atoms with Gasteiger partial charge < -0.3 is 0 Å². The summed E-state index contributed by atoms with van der Waals surface area (Å²) in [6.07, 6.45) is 4.94. The quantitative estimate of drug-likeness (QED) is 0.171. The summed E-state index contributed by atoms with van der Waals surface area (Å²) in [5.74, 6) is -1.31. The van der Waals surface area contributed by atoms with Crippen molar-refractivity contribution in [2.75, 3.05) is 0 Å². The maximum atomic E-state index is 8.70. The minimum atomic E-state index is -4.86. The second-order valence-electron chi connectivity index (χ2n) is 16.5. The third kappa shape index (κ3) is 5.48. The van der Waals surface area contributed by atoms with Crippen LogP contribution < -0.4 is 0 Å². The summed E-state index contributed by atoms with van der Waals surface area (Å²) in [6, 6.07) is 25.3. The first kappa shape index (κ1) is 35.9. The molecule has 0 N–H and O–H groups in total. The van der Waals surface area contributed by atoms with E-state index in [-0.39, 0.29) is 12.7 Å². The van der Waals surface area contributed by atoms with E-state index in [2.05, 4.69) is 161 Å². The molecule has 0 radical (unpaired) electrons. The van der Waals surface area contributed by atoms with E-state index in [1.165, 1.54) is 83.5 Å². The Balaban J connectivity index is 1.58. The van der Waals surface area contributed by atoms with Gasteiger partial charge in [0.25, 0.3) is 0 Å². The molecule has 48 heavy (non-hydrogen) atoms. The van der Waals surface area contributed by atoms with E-state index in [0.29, 0.717) is 5.92 Å². The predicted molar refractivity (Wildman–Crippen MR) is 214 cm³/mol. The van der Waals surface area contributed by atoms with Gasteiger partial charge in [-0.2, -0.15) is 0 Å². The summed E-state index contributed by atoms with van der Waals surface area (Å²) >= 11 is -4.86. The summed E-state index contributed by atoms with van der Waals surface area (Å²) in [5, 5.41) is 0. The van der Waals surface area contributed by atoms with Crippen molar-refractivity contribution in [1.29, 1.82) is 0 Å². The fourth-order valence-corrected chi connectivity index (χ4v) is 41.0. The van der Waals surface area contributed by atoms with E-state index in [4.69, 9.17) is 17.0 Å². The minimum absolute atomic E-state index is 0.0796. The molecule has 251 valence electrons. The van der Waals surface area contributed by atoms with Crippen molar-refractivity contribution in [3.05, 3.63) is 128 Å². The third-order valence-corrected chi connectivity index (χ3v) is 63.9. The fraction of sp³-hybridized carbons (Fsp3) is 0.364. The monoisotopic (exact) mass is 769 g/mol. The molecule has 0 aromatic heterocycles. The number of hydrogen-bond acceptors (Lipinski definition) is 0. The molecule has 0 saturated carbocycles. The van der Waals surface area contributed by atoms with Gasteiger partial charge >= 0.3 is 302 Å². The van der Waals surface area contributed by atoms with E-state index >= 15 is 0 Å². The van der Waals surface area contributed by atoms with Gasteiger partial charge in [-0.25, -0.2) is 0 Å². The van der Waals surface area contributed by atoms with Crippen LogP contribution in [0.3, 0.4) is 0 Å². The standard InChI is InChI=1S/C22H25.C20H21.C2H7Si.2ClH.Zr/c1-15(2)18-13-17-7-6-8-20(21(17)14-18)16-9-11-19(12-10-16)22(3,4)5;1-12-10-19-14(3)7-9-18(20(19)11-12)17-8-6-13(2)15(4)16(17)5;1-3-2;;;/h6-15H,1-5H3;6-11H,1-5H3;3H,1-2H3;2*1H;/q;;;;;+2/p-2. The summed E-state index contributed by atoms with van der Waals surface area (Å²) in [7, 11) is 17.4. The molecule has 2 aliphatic carbocycles. The number of allylic oxidation sites excluding steroid dienone is 2. The van der Waals surface area contributed by atoms with E-state index in [1.807, 2.05) is 0 Å². The molecule has 4 heteroatoms. The molecule has 2 atom stereocenters. The molecule has 0 saturated heterocycles. The van der Waals surface area contributed by atoms with Crippen molar-refractivity contribution in [3.8, 4) is 22.3 Å². The molecule has 4 aromatic carbocycles. The van der Waals surface area contributed by atoms with Crippen LogP contribution in [0.15, 0.2) is 77.9 Å². The zero-order valence-electron chi connectivity index (χ0n) is 31.1. The van der Waals surface area contributed by atoms with Gasteiger partial charge in [-0.15, -0.1) is 0 Å². The van der Waals surface area contributed by atoms with Crippen molar-refractivity contribution in [1.82, 2.24) is 0 Å². The Morgan fingerprint density at radius 3 is 1.90 bits per heavy atom. The molecule has 6 rings (SSSR count). The van der Waals surface area contributed by atoms with Crippen molar-refractivity contribution in [2.45, 2.75) is 95.0 Å². The normalized spacial score (nSPS) is 18.5. The molecule has 0 spiro atoms. The summed E-state index contributed by atoms with van der Waals surface area (Å²) in [5.41, 5.74) is 20.2. The second-order valence-corrected chi connectivity index (χ2v) is 59.0. The maximum absolute atomic E-state index is 8.70. The van der Waals surface area contributed by atoms with Gasteiger partial charge in [0.05, 0.1) is 0 Å². The average molecular weight is 772 g/mol. The van der Waals surface area contributed by atoms with Crippen molar-refractivity contribution >= 4 is 35.1 Å². The van der Waals surface area contributed by atoms with Gasteiger partial charge in [0, 0.05) is 0 Å². The van der Waals surface area contributed by atoms with Crippen LogP contribution in [0.2, 0.25) is 13.1 Å². The molecule has 0 nitrogen and oxygen atoms in total. The van der Waals surface area contributed by atoms with E-state index in [9.17, 15) is 0 Å². The zero-order chi connectivity index (χ0) is 35.1. The summed E-state index contributed by atoms with van der Waals surface area (Å²) in [6.45, 7) is 27.7. The Morgan fingerprint density at radius 2 is 1.29 bits per heavy atom. The second kappa shape index (κ2) is 12.4. The van der Waals surface area contributed by atoms with Gasteiger partial charge in [0.15, 0.2) is 0 Å². The van der Waals surface area contributed by atoms with Crippen molar-refractivity contribution < 1.29 is 15.6 Å². The van der Waals surface area contributed by atoms with Gasteiger partial charge in [0.1, 0.15) is 0 Å². The number of aryl methyl sites for hydroxylation is 2. The van der Waals surface area contributed by atoms with Crippen LogP contribution >= 0.6 is 17.0 Å². The summed E-state index contributed by atoms with van der Waals surface area (Å²) < 4.78 is 0.159. The van der Waals surface area contributed by atoms with Gasteiger partial charge in [-0.1, -0.05) is 0 Å². The molecule has 0 amide bonds. The Kier molecular flexibility index (Phi) is 9.24. The molecule has 2 aliphatic rings. The first-order valence-corrected chi connectivity index (χ1v) is 34.1. The van der Waals surface area contributed by atoms with Crippen LogP contribution in [0.4, 0.5) is 0 Å². The topological polar surface area (TPSA) is 0 Å². The number of rotatable bonds is 6. The van der Waals surface area contributed by atoms with E-state index in [0.717, 1.165) is 0 Å². The molecule has 0 heterocycles. The van der Waals surface area contributed by atoms with E-state index in [1.54, 1.807) is 0 Å². The fourth-order valence-electron chi connectivity index (χ4n) is 8.79. The summed E-state index contributed by atoms with van der Waals surface area (Å²) in [4.78, 5) is 0. The Labute approximate surface area is 299 Å². The SMILES string of the molecule is CC1=Cc2c(-c3ccc(C)c(C)c3C)ccc(C)c2[CH]1[Zr]([Cl])([Cl])([CH]1C(C(C)C)=Cc2c(-c3ccc(C(C)(C)C)cc3)cccc21)[SiH](C)C. The van der Waals surface area contributed by atoms with Gasteiger partial charge in [0.2, 0.25) is 0 Å². The van der Waals surface area contributed by atoms with Crippen LogP contribution in [0, 0.1) is 33.6 Å². The molecule has 0 fully saturated rings. The third-order valence-electron chi connectivity index (χ3n) is 12.0. The van der Waals surface area contributed by atoms with Crippen LogP contribution in [0.1, 0.15) is 98.9 Å². The first-order valence-electron chi connectivity index (χ1n) is 17.8. The van der Waals surface area contributed by atoms with Crippen LogP contribution in [-0.2, 0) is 21.0 Å². The number of hydrogen-bond donors (Lipinski definition) is 0. The molecule has 0 aliphatic heterocycles. The number of fused-ring (bicyclic) bond motifs is 2. The molecular weight excluding hydrogens is 719 g/mol. The zero-order valence-corrected chi connectivity index (χ0v) is 36.2. The van der Waals surface area contributed by atoms with Crippen molar-refractivity contribution in [2.24, 2.45) is 5.92 Å². The van der Waals surface area contributed by atoms with Crippen molar-refractivity contribution in [3.63, 3.8) is 0 Å². The predicted octanol–water partition coefficient (Wildman–Crippen LogP) is 13.8. The van der Waals surface area contributed by atoms with Gasteiger partial charge in [-0.05, 0) is 0 Å². The number of benzene rings is 4.